The normalized spacial score (nSPS) is 13.2. The van der Waals surface area contributed by atoms with Crippen LogP contribution in [0.3, 0.4) is 0 Å². The first-order valence-electron chi connectivity index (χ1n) is 6.14. The topological polar surface area (TPSA) is 133 Å². The molecule has 0 bridgehead atoms. The van der Waals surface area contributed by atoms with E-state index in [1.54, 1.807) is 22.9 Å². The summed E-state index contributed by atoms with van der Waals surface area (Å²) in [5, 5.41) is -0.0656. The van der Waals surface area contributed by atoms with Crippen molar-refractivity contribution in [3.8, 4) is 0 Å². The Labute approximate surface area is 149 Å². The molecule has 0 radical (unpaired) electrons. The largest absolute Gasteiger partial charge is 1.00 e. The van der Waals surface area contributed by atoms with E-state index in [2.05, 4.69) is 0 Å². The quantitative estimate of drug-likeness (QED) is 0.231. The van der Waals surface area contributed by atoms with Gasteiger partial charge < -0.3 is 26.8 Å². The molecule has 3 N–H and O–H groups in total. The van der Waals surface area contributed by atoms with Gasteiger partial charge in [0, 0.05) is 19.1 Å². The van der Waals surface area contributed by atoms with Crippen molar-refractivity contribution in [2.24, 2.45) is 0 Å². The van der Waals surface area contributed by atoms with Gasteiger partial charge in [0.15, 0.2) is 28.5 Å². The lowest BCUT2D eigenvalue weighted by Gasteiger charge is -2.14. The first-order valence-corrected chi connectivity index (χ1v) is 10.3. The Morgan fingerprint density at radius 3 is 2.48 bits per heavy atom. The molecular weight excluding hydrogens is 433 g/mol. The molecule has 12 heteroatoms. The molecule has 1 unspecified atom stereocenters. The minimum atomic E-state index is -5.03. The summed E-state index contributed by atoms with van der Waals surface area (Å²) < 4.78 is 44.3. The van der Waals surface area contributed by atoms with Crippen molar-refractivity contribution in [2.75, 3.05) is 5.75 Å². The third-order valence-electron chi connectivity index (χ3n) is 2.77. The SMILES string of the molecule is CC(=O)SCC[n+]1ccccc1CC(P(=O)(O)O)S(=O)(=O)O.[Br-]. The lowest BCUT2D eigenvalue weighted by molar-refractivity contribution is -0.699. The van der Waals surface area contributed by atoms with Gasteiger partial charge in [-0.15, -0.1) is 0 Å². The summed E-state index contributed by atoms with van der Waals surface area (Å²) >= 11 is 1.08. The number of aryl methyl sites for hydroxylation is 1. The van der Waals surface area contributed by atoms with E-state index in [-0.39, 0.29) is 22.1 Å². The number of nitrogens with zero attached hydrogens (tertiary/aromatic N) is 1. The first-order chi connectivity index (χ1) is 10.0. The van der Waals surface area contributed by atoms with Gasteiger partial charge in [0.25, 0.3) is 10.1 Å². The summed E-state index contributed by atoms with van der Waals surface area (Å²) in [5.74, 6) is 0.434. The molecule has 0 aliphatic rings. The van der Waals surface area contributed by atoms with Crippen LogP contribution in [-0.2, 0) is 32.4 Å². The molecule has 1 aromatic rings. The number of hydrogen-bond acceptors (Lipinski definition) is 5. The lowest BCUT2D eigenvalue weighted by atomic mass is 10.3. The Balaban J connectivity index is 0.00000484. The Kier molecular flexibility index (Phi) is 9.14. The number of hydrogen-bond donors (Lipinski definition) is 3. The monoisotopic (exact) mass is 449 g/mol. The molecule has 0 saturated heterocycles. The highest BCUT2D eigenvalue weighted by Crippen LogP contribution is 2.45. The maximum atomic E-state index is 11.3. The van der Waals surface area contributed by atoms with E-state index >= 15 is 0 Å². The van der Waals surface area contributed by atoms with E-state index in [0.717, 1.165) is 11.8 Å². The van der Waals surface area contributed by atoms with Gasteiger partial charge in [0.05, 0.1) is 12.2 Å². The Hall–Kier alpha value is -0.290. The number of halogens is 1. The van der Waals surface area contributed by atoms with Gasteiger partial charge in [0.2, 0.25) is 0 Å². The fourth-order valence-corrected chi connectivity index (χ4v) is 4.55. The van der Waals surface area contributed by atoms with Crippen molar-refractivity contribution < 1.29 is 53.7 Å². The summed E-state index contributed by atoms with van der Waals surface area (Å²) in [7, 11) is -9.94. The van der Waals surface area contributed by atoms with Gasteiger partial charge in [-0.3, -0.25) is 13.9 Å². The molecule has 23 heavy (non-hydrogen) atoms. The molecular formula is C11H17BrNO7PS2. The zero-order chi connectivity index (χ0) is 17.0. The molecule has 1 aromatic heterocycles. The van der Waals surface area contributed by atoms with Gasteiger partial charge in [0.1, 0.15) is 0 Å². The highest BCUT2D eigenvalue weighted by Gasteiger charge is 2.41. The Morgan fingerprint density at radius 1 is 1.39 bits per heavy atom. The molecule has 8 nitrogen and oxygen atoms in total. The second-order valence-corrected chi connectivity index (χ2v) is 9.51. The van der Waals surface area contributed by atoms with Crippen LogP contribution in [0.1, 0.15) is 12.6 Å². The summed E-state index contributed by atoms with van der Waals surface area (Å²) in [5.41, 5.74) is 0.331. The van der Waals surface area contributed by atoms with Crippen LogP contribution in [0.25, 0.3) is 0 Å². The Morgan fingerprint density at radius 2 is 2.00 bits per heavy atom. The number of rotatable bonds is 7. The maximum Gasteiger partial charge on any atom is 0.346 e. The van der Waals surface area contributed by atoms with E-state index in [9.17, 15) is 17.8 Å². The highest BCUT2D eigenvalue weighted by atomic mass is 79.9. The summed E-state index contributed by atoms with van der Waals surface area (Å²) in [6.07, 6.45) is 1.07. The highest BCUT2D eigenvalue weighted by molar-refractivity contribution is 8.13. The molecule has 1 heterocycles. The predicted octanol–water partition coefficient (Wildman–Crippen LogP) is -2.81. The lowest BCUT2D eigenvalue weighted by Crippen LogP contribution is -3.00. The molecule has 0 aliphatic carbocycles. The molecule has 0 saturated carbocycles. The van der Waals surface area contributed by atoms with Crippen LogP contribution >= 0.6 is 19.4 Å². The maximum absolute atomic E-state index is 11.3. The third-order valence-corrected chi connectivity index (χ3v) is 6.98. The van der Waals surface area contributed by atoms with Gasteiger partial charge >= 0.3 is 7.60 Å². The fourth-order valence-electron chi connectivity index (χ4n) is 1.78. The van der Waals surface area contributed by atoms with E-state index in [1.165, 1.54) is 13.0 Å². The zero-order valence-corrected chi connectivity index (χ0v) is 16.2. The van der Waals surface area contributed by atoms with Crippen LogP contribution < -0.4 is 21.5 Å². The molecule has 1 rings (SSSR count). The van der Waals surface area contributed by atoms with Crippen LogP contribution in [0, 0.1) is 0 Å². The standard InChI is InChI=1S/C11H16NO7PS2.BrH/c1-9(13)21-7-6-12-5-3-2-4-10(12)8-11(20(14,15)16)22(17,18)19;/h2-5,11H,6-8H2,1H3,(H2-,14,15,16,17,18,19);1H. The van der Waals surface area contributed by atoms with Crippen LogP contribution in [0.15, 0.2) is 24.4 Å². The summed E-state index contributed by atoms with van der Waals surface area (Å²) in [4.78, 5) is 26.9. The number of carbonyl (C=O) groups is 1. The molecule has 0 aliphatic heterocycles. The van der Waals surface area contributed by atoms with E-state index < -0.39 is 29.1 Å². The second-order valence-electron chi connectivity index (χ2n) is 4.49. The molecule has 0 aromatic carbocycles. The number of pyridine rings is 1. The minimum absolute atomic E-state index is 0. The molecule has 132 valence electrons. The van der Waals surface area contributed by atoms with E-state index in [4.69, 9.17) is 14.3 Å². The van der Waals surface area contributed by atoms with Crippen molar-refractivity contribution in [1.29, 1.82) is 0 Å². The minimum Gasteiger partial charge on any atom is -1.00 e. The predicted molar refractivity (Wildman–Crippen MR) is 80.9 cm³/mol. The van der Waals surface area contributed by atoms with Crippen LogP contribution in [0.5, 0.6) is 0 Å². The number of thioether (sulfide) groups is 1. The van der Waals surface area contributed by atoms with E-state index in [1.807, 2.05) is 0 Å². The average molecular weight is 450 g/mol. The van der Waals surface area contributed by atoms with Crippen molar-refractivity contribution in [3.63, 3.8) is 0 Å². The van der Waals surface area contributed by atoms with Crippen LogP contribution in [0.4, 0.5) is 0 Å². The molecule has 0 amide bonds. The average Bonchev–Trinajstić information content (AvgIpc) is 2.34. The second kappa shape index (κ2) is 9.26. The molecule has 0 spiro atoms. The molecule has 1 atom stereocenters. The van der Waals surface area contributed by atoms with Crippen molar-refractivity contribution in [2.45, 2.75) is 24.9 Å². The van der Waals surface area contributed by atoms with Gasteiger partial charge in [-0.1, -0.05) is 17.8 Å². The molecule has 0 fully saturated rings. The zero-order valence-electron chi connectivity index (χ0n) is 12.1. The smallest absolute Gasteiger partial charge is 0.346 e. The van der Waals surface area contributed by atoms with Crippen molar-refractivity contribution >= 4 is 34.6 Å². The van der Waals surface area contributed by atoms with Crippen molar-refractivity contribution in [3.05, 3.63) is 30.1 Å². The van der Waals surface area contributed by atoms with Crippen LogP contribution in [-0.4, -0.2) is 38.6 Å². The summed E-state index contributed by atoms with van der Waals surface area (Å²) in [6.45, 7) is 1.78. The summed E-state index contributed by atoms with van der Waals surface area (Å²) in [6, 6.07) is 4.76. The van der Waals surface area contributed by atoms with E-state index in [0.29, 0.717) is 18.0 Å². The van der Waals surface area contributed by atoms with Crippen LogP contribution in [0.2, 0.25) is 0 Å². The Bertz CT molecular complexity index is 691. The third kappa shape index (κ3) is 7.88. The van der Waals surface area contributed by atoms with Crippen molar-refractivity contribution in [1.82, 2.24) is 0 Å². The number of aromatic nitrogens is 1. The van der Waals surface area contributed by atoms with Gasteiger partial charge in [-0.25, -0.2) is 4.57 Å². The van der Waals surface area contributed by atoms with Gasteiger partial charge in [-0.2, -0.15) is 8.42 Å². The van der Waals surface area contributed by atoms with Gasteiger partial charge in [-0.05, 0) is 0 Å². The number of carbonyl (C=O) groups excluding carboxylic acids is 1. The fraction of sp³-hybridized carbons (Fsp3) is 0.455. The first kappa shape index (κ1) is 22.7.